The first kappa shape index (κ1) is 23.4. The topological polar surface area (TPSA) is 86.5 Å². The molecule has 25 heavy (non-hydrogen) atoms. The van der Waals surface area contributed by atoms with Gasteiger partial charge in [-0.15, -0.1) is 24.8 Å². The zero-order chi connectivity index (χ0) is 16.5. The van der Waals surface area contributed by atoms with Crippen LogP contribution in [0.25, 0.3) is 10.9 Å². The fraction of sp³-hybridized carbons (Fsp3) is 0.412. The minimum Gasteiger partial charge on any atom is -0.491 e. The maximum Gasteiger partial charge on any atom is 0.222 e. The zero-order valence-electron chi connectivity index (χ0n) is 14.1. The van der Waals surface area contributed by atoms with Crippen molar-refractivity contribution in [3.63, 3.8) is 0 Å². The molecule has 0 aliphatic carbocycles. The summed E-state index contributed by atoms with van der Waals surface area (Å²) < 4.78 is 10.8. The highest BCUT2D eigenvalue weighted by Gasteiger charge is 2.10. The number of hydrogen-bond donors (Lipinski definition) is 2. The molecule has 2 rings (SSSR count). The molecule has 6 nitrogen and oxygen atoms in total. The summed E-state index contributed by atoms with van der Waals surface area (Å²) in [7, 11) is 1.55. The van der Waals surface area contributed by atoms with E-state index in [0.29, 0.717) is 19.7 Å². The SMILES string of the molecule is COC(CN)CC(=O)NCCCOc1cccc2cccnc12.Cl.Cl. The Balaban J connectivity index is 0.00000288. The molecule has 0 saturated heterocycles. The fourth-order valence-electron chi connectivity index (χ4n) is 2.22. The van der Waals surface area contributed by atoms with Crippen LogP contribution in [-0.2, 0) is 9.53 Å². The van der Waals surface area contributed by atoms with Crippen LogP contribution in [0.1, 0.15) is 12.8 Å². The number of fused-ring (bicyclic) bond motifs is 1. The molecule has 0 aliphatic rings. The first-order valence-corrected chi connectivity index (χ1v) is 7.70. The monoisotopic (exact) mass is 389 g/mol. The van der Waals surface area contributed by atoms with Crippen LogP contribution in [-0.4, -0.2) is 43.8 Å². The number of nitrogens with one attached hydrogen (secondary N) is 1. The van der Waals surface area contributed by atoms with Crippen molar-refractivity contribution in [2.24, 2.45) is 5.73 Å². The van der Waals surface area contributed by atoms with Gasteiger partial charge in [0, 0.05) is 31.8 Å². The lowest BCUT2D eigenvalue weighted by molar-refractivity contribution is -0.123. The van der Waals surface area contributed by atoms with Crippen molar-refractivity contribution in [1.82, 2.24) is 10.3 Å². The van der Waals surface area contributed by atoms with Gasteiger partial charge >= 0.3 is 0 Å². The van der Waals surface area contributed by atoms with Gasteiger partial charge in [0.1, 0.15) is 11.3 Å². The third-order valence-electron chi connectivity index (χ3n) is 3.51. The molecule has 1 unspecified atom stereocenters. The quantitative estimate of drug-likeness (QED) is 0.642. The smallest absolute Gasteiger partial charge is 0.222 e. The molecule has 1 atom stereocenters. The van der Waals surface area contributed by atoms with E-state index >= 15 is 0 Å². The second-order valence-electron chi connectivity index (χ2n) is 5.18. The zero-order valence-corrected chi connectivity index (χ0v) is 15.8. The number of carbonyl (C=O) groups is 1. The van der Waals surface area contributed by atoms with E-state index in [1.54, 1.807) is 13.3 Å². The number of para-hydroxylation sites is 1. The van der Waals surface area contributed by atoms with Crippen molar-refractivity contribution in [1.29, 1.82) is 0 Å². The highest BCUT2D eigenvalue weighted by Crippen LogP contribution is 2.22. The van der Waals surface area contributed by atoms with Crippen molar-refractivity contribution in [3.8, 4) is 5.75 Å². The van der Waals surface area contributed by atoms with Gasteiger partial charge in [-0.3, -0.25) is 9.78 Å². The molecular weight excluding hydrogens is 365 g/mol. The fourth-order valence-corrected chi connectivity index (χ4v) is 2.22. The van der Waals surface area contributed by atoms with E-state index in [1.165, 1.54) is 0 Å². The van der Waals surface area contributed by atoms with Crippen molar-refractivity contribution in [2.45, 2.75) is 18.9 Å². The number of ether oxygens (including phenoxy) is 2. The molecule has 0 spiro atoms. The molecule has 1 aromatic carbocycles. The lowest BCUT2D eigenvalue weighted by atomic mass is 10.2. The lowest BCUT2D eigenvalue weighted by Gasteiger charge is -2.13. The predicted octanol–water partition coefficient (Wildman–Crippen LogP) is 2.33. The van der Waals surface area contributed by atoms with Gasteiger partial charge in [0.2, 0.25) is 5.91 Å². The average molecular weight is 390 g/mol. The molecular formula is C17H25Cl2N3O3. The molecule has 0 saturated carbocycles. The molecule has 1 amide bonds. The van der Waals surface area contributed by atoms with Crippen LogP contribution in [0.2, 0.25) is 0 Å². The molecule has 1 aromatic heterocycles. The first-order valence-electron chi connectivity index (χ1n) is 7.70. The van der Waals surface area contributed by atoms with Gasteiger partial charge in [0.05, 0.1) is 19.1 Å². The molecule has 0 aliphatic heterocycles. The molecule has 2 aromatic rings. The summed E-state index contributed by atoms with van der Waals surface area (Å²) in [5.74, 6) is 0.700. The van der Waals surface area contributed by atoms with E-state index in [1.807, 2.05) is 30.3 Å². The minimum absolute atomic E-state index is 0. The average Bonchev–Trinajstić information content (AvgIpc) is 2.59. The Morgan fingerprint density at radius 2 is 2.04 bits per heavy atom. The number of pyridine rings is 1. The Morgan fingerprint density at radius 3 is 2.76 bits per heavy atom. The maximum absolute atomic E-state index is 11.7. The van der Waals surface area contributed by atoms with Crippen LogP contribution in [0.4, 0.5) is 0 Å². The standard InChI is InChI=1S/C17H23N3O3.2ClH/c1-22-14(12-18)11-16(21)19-9-4-10-23-15-7-2-5-13-6-3-8-20-17(13)15;;/h2-3,5-8,14H,4,9-12,18H2,1H3,(H,19,21);2*1H. The number of rotatable bonds is 9. The first-order chi connectivity index (χ1) is 11.2. The Labute approximate surface area is 160 Å². The van der Waals surface area contributed by atoms with Crippen molar-refractivity contribution < 1.29 is 14.3 Å². The van der Waals surface area contributed by atoms with Crippen molar-refractivity contribution >= 4 is 41.6 Å². The number of halogens is 2. The number of benzene rings is 1. The van der Waals surface area contributed by atoms with Crippen LogP contribution in [0.3, 0.4) is 0 Å². The van der Waals surface area contributed by atoms with E-state index in [0.717, 1.165) is 23.1 Å². The molecule has 0 fully saturated rings. The number of nitrogens with zero attached hydrogens (tertiary/aromatic N) is 1. The largest absolute Gasteiger partial charge is 0.491 e. The lowest BCUT2D eigenvalue weighted by Crippen LogP contribution is -2.33. The van der Waals surface area contributed by atoms with Crippen LogP contribution < -0.4 is 15.8 Å². The number of amides is 1. The summed E-state index contributed by atoms with van der Waals surface area (Å²) in [5, 5.41) is 3.88. The summed E-state index contributed by atoms with van der Waals surface area (Å²) in [4.78, 5) is 16.0. The second-order valence-corrected chi connectivity index (χ2v) is 5.18. The molecule has 0 bridgehead atoms. The Bertz CT molecular complexity index is 634. The van der Waals surface area contributed by atoms with Gasteiger partial charge in [-0.1, -0.05) is 18.2 Å². The summed E-state index contributed by atoms with van der Waals surface area (Å²) in [5.41, 5.74) is 6.34. The van der Waals surface area contributed by atoms with E-state index in [-0.39, 0.29) is 43.2 Å². The summed E-state index contributed by atoms with van der Waals surface area (Å²) in [6.07, 6.45) is 2.52. The van der Waals surface area contributed by atoms with Gasteiger partial charge in [-0.05, 0) is 18.6 Å². The molecule has 140 valence electrons. The Hall–Kier alpha value is -1.60. The van der Waals surface area contributed by atoms with Gasteiger partial charge in [0.15, 0.2) is 0 Å². The number of nitrogens with two attached hydrogens (primary N) is 1. The third kappa shape index (κ3) is 7.44. The summed E-state index contributed by atoms with van der Waals surface area (Å²) in [6, 6.07) is 9.74. The van der Waals surface area contributed by atoms with E-state index in [9.17, 15) is 4.79 Å². The Kier molecular flexibility index (Phi) is 11.9. The van der Waals surface area contributed by atoms with Gasteiger partial charge in [-0.2, -0.15) is 0 Å². The van der Waals surface area contributed by atoms with Crippen LogP contribution >= 0.6 is 24.8 Å². The normalized spacial score (nSPS) is 11.1. The van der Waals surface area contributed by atoms with Crippen molar-refractivity contribution in [2.75, 3.05) is 26.8 Å². The molecule has 3 N–H and O–H groups in total. The molecule has 1 heterocycles. The van der Waals surface area contributed by atoms with E-state index < -0.39 is 0 Å². The van der Waals surface area contributed by atoms with Crippen LogP contribution in [0.5, 0.6) is 5.75 Å². The Morgan fingerprint density at radius 1 is 1.28 bits per heavy atom. The number of methoxy groups -OCH3 is 1. The highest BCUT2D eigenvalue weighted by atomic mass is 35.5. The van der Waals surface area contributed by atoms with Gasteiger partial charge in [0.25, 0.3) is 0 Å². The van der Waals surface area contributed by atoms with Gasteiger partial charge < -0.3 is 20.5 Å². The predicted molar refractivity (Wildman–Crippen MR) is 104 cm³/mol. The second kappa shape index (κ2) is 12.7. The van der Waals surface area contributed by atoms with Crippen molar-refractivity contribution in [3.05, 3.63) is 36.5 Å². The number of aromatic nitrogens is 1. The highest BCUT2D eigenvalue weighted by molar-refractivity contribution is 5.85. The van der Waals surface area contributed by atoms with E-state index in [4.69, 9.17) is 15.2 Å². The number of carbonyl (C=O) groups excluding carboxylic acids is 1. The molecule has 0 radical (unpaired) electrons. The van der Waals surface area contributed by atoms with Crippen LogP contribution in [0, 0.1) is 0 Å². The van der Waals surface area contributed by atoms with Gasteiger partial charge in [-0.25, -0.2) is 0 Å². The minimum atomic E-state index is -0.229. The van der Waals surface area contributed by atoms with Crippen LogP contribution in [0.15, 0.2) is 36.5 Å². The maximum atomic E-state index is 11.7. The summed E-state index contributed by atoms with van der Waals surface area (Å²) in [6.45, 7) is 1.40. The van der Waals surface area contributed by atoms with E-state index in [2.05, 4.69) is 10.3 Å². The molecule has 8 heteroatoms. The third-order valence-corrected chi connectivity index (χ3v) is 3.51. The number of hydrogen-bond acceptors (Lipinski definition) is 5. The summed E-state index contributed by atoms with van der Waals surface area (Å²) >= 11 is 0.